The molecule has 0 N–H and O–H groups in total. The van der Waals surface area contributed by atoms with Crippen LogP contribution in [-0.4, -0.2) is 73.8 Å². The standard InChI is InChI=1S/C23H26FN3O7S/c1-13(21-25-20(26-34-21)14-4-5-18(17(24)8-14)35(3,29)30)32-19-15-9-27(10-16(19)12-31-11-15)22(28)33-23(2)6-7-23/h4-5,8,15-16,19H,1,6-7,9-12H2,2-3H3. The Bertz CT molecular complexity index is 1260. The van der Waals surface area contributed by atoms with E-state index in [0.717, 1.165) is 31.2 Å². The van der Waals surface area contributed by atoms with Crippen molar-refractivity contribution in [2.45, 2.75) is 36.4 Å². The van der Waals surface area contributed by atoms with Gasteiger partial charge in [0.25, 0.3) is 5.89 Å². The topological polar surface area (TPSA) is 121 Å². The van der Waals surface area contributed by atoms with Crippen LogP contribution in [0.1, 0.15) is 25.7 Å². The highest BCUT2D eigenvalue weighted by atomic mass is 32.2. The minimum Gasteiger partial charge on any atom is -0.484 e. The fraction of sp³-hybridized carbons (Fsp3) is 0.522. The molecule has 1 aliphatic carbocycles. The van der Waals surface area contributed by atoms with Gasteiger partial charge in [-0.25, -0.2) is 17.6 Å². The average molecular weight is 508 g/mol. The summed E-state index contributed by atoms with van der Waals surface area (Å²) in [6.07, 6.45) is 2.12. The average Bonchev–Trinajstić information content (AvgIpc) is 3.29. The van der Waals surface area contributed by atoms with E-state index in [1.165, 1.54) is 6.07 Å². The predicted octanol–water partition coefficient (Wildman–Crippen LogP) is 2.90. The molecule has 1 aromatic carbocycles. The zero-order valence-corrected chi connectivity index (χ0v) is 20.2. The van der Waals surface area contributed by atoms with E-state index < -0.39 is 20.5 Å². The van der Waals surface area contributed by atoms with Crippen molar-refractivity contribution in [3.63, 3.8) is 0 Å². The highest BCUT2D eigenvalue weighted by Crippen LogP contribution is 2.40. The van der Waals surface area contributed by atoms with E-state index >= 15 is 0 Å². The van der Waals surface area contributed by atoms with E-state index in [4.69, 9.17) is 18.7 Å². The van der Waals surface area contributed by atoms with Crippen LogP contribution in [0.4, 0.5) is 9.18 Å². The van der Waals surface area contributed by atoms with Crippen LogP contribution in [0.5, 0.6) is 0 Å². The molecule has 35 heavy (non-hydrogen) atoms. The Hall–Kier alpha value is -2.99. The van der Waals surface area contributed by atoms with Crippen molar-refractivity contribution in [1.82, 2.24) is 15.0 Å². The molecule has 2 atom stereocenters. The summed E-state index contributed by atoms with van der Waals surface area (Å²) in [7, 11) is -3.70. The van der Waals surface area contributed by atoms with Crippen LogP contribution in [0.25, 0.3) is 17.1 Å². The normalized spacial score (nSPS) is 25.1. The summed E-state index contributed by atoms with van der Waals surface area (Å²) < 4.78 is 60.2. The monoisotopic (exact) mass is 507 g/mol. The number of amides is 1. The van der Waals surface area contributed by atoms with Gasteiger partial charge in [-0.15, -0.1) is 0 Å². The fourth-order valence-electron chi connectivity index (χ4n) is 4.40. The molecule has 0 radical (unpaired) electrons. The molecule has 188 valence electrons. The van der Waals surface area contributed by atoms with Gasteiger partial charge in [0.05, 0.1) is 13.2 Å². The molecule has 2 bridgehead atoms. The number of aromatic nitrogens is 2. The van der Waals surface area contributed by atoms with Crippen molar-refractivity contribution < 1.29 is 36.3 Å². The van der Waals surface area contributed by atoms with E-state index in [1.807, 2.05) is 6.92 Å². The van der Waals surface area contributed by atoms with E-state index in [2.05, 4.69) is 16.7 Å². The number of nitrogens with zero attached hydrogens (tertiary/aromatic N) is 3. The lowest BCUT2D eigenvalue weighted by Crippen LogP contribution is -2.57. The van der Waals surface area contributed by atoms with E-state index in [-0.39, 0.29) is 52.7 Å². The van der Waals surface area contributed by atoms with Crippen molar-refractivity contribution in [2.24, 2.45) is 11.8 Å². The number of hydrogen-bond acceptors (Lipinski definition) is 9. The van der Waals surface area contributed by atoms with Crippen molar-refractivity contribution in [3.05, 3.63) is 36.5 Å². The molecule has 1 amide bonds. The number of fused-ring (bicyclic) bond motifs is 2. The summed E-state index contributed by atoms with van der Waals surface area (Å²) in [5.74, 6) is -0.827. The molecule has 10 nitrogen and oxygen atoms in total. The number of hydrogen-bond donors (Lipinski definition) is 0. The molecule has 2 aliphatic heterocycles. The van der Waals surface area contributed by atoms with Crippen molar-refractivity contribution in [1.29, 1.82) is 0 Å². The SMILES string of the molecule is C=C(OC1C2COCC1CN(C(=O)OC1(C)CC1)C2)c1nc(-c2ccc(S(C)(=O)=O)c(F)c2)no1. The Kier molecular flexibility index (Phi) is 5.83. The van der Waals surface area contributed by atoms with Crippen LogP contribution in [0, 0.1) is 17.7 Å². The minimum atomic E-state index is -3.70. The fourth-order valence-corrected chi connectivity index (χ4v) is 5.13. The minimum absolute atomic E-state index is 0.0232. The number of carbonyl (C=O) groups is 1. The van der Waals surface area contributed by atoms with Crippen molar-refractivity contribution >= 4 is 21.7 Å². The van der Waals surface area contributed by atoms with Crippen LogP contribution >= 0.6 is 0 Å². The molecular formula is C23H26FN3O7S. The number of ether oxygens (including phenoxy) is 3. The van der Waals surface area contributed by atoms with Gasteiger partial charge in [0.1, 0.15) is 22.4 Å². The molecule has 1 aromatic heterocycles. The molecule has 1 saturated carbocycles. The Morgan fingerprint density at radius 2 is 1.94 bits per heavy atom. The molecule has 3 heterocycles. The lowest BCUT2D eigenvalue weighted by atomic mass is 9.84. The van der Waals surface area contributed by atoms with Gasteiger partial charge in [-0.05, 0) is 38.0 Å². The summed E-state index contributed by atoms with van der Waals surface area (Å²) in [5, 5.41) is 3.84. The smallest absolute Gasteiger partial charge is 0.410 e. The van der Waals surface area contributed by atoms with Gasteiger partial charge < -0.3 is 23.6 Å². The van der Waals surface area contributed by atoms with E-state index in [0.29, 0.717) is 26.3 Å². The number of benzene rings is 1. The first-order chi connectivity index (χ1) is 16.5. The Morgan fingerprint density at radius 1 is 1.26 bits per heavy atom. The summed E-state index contributed by atoms with van der Waals surface area (Å²) >= 11 is 0. The Labute approximate surface area is 201 Å². The molecule has 0 spiro atoms. The van der Waals surface area contributed by atoms with E-state index in [9.17, 15) is 17.6 Å². The van der Waals surface area contributed by atoms with Gasteiger partial charge >= 0.3 is 6.09 Å². The molecule has 2 unspecified atom stereocenters. The molecule has 2 saturated heterocycles. The third-order valence-corrected chi connectivity index (χ3v) is 7.71. The van der Waals surface area contributed by atoms with Crippen LogP contribution in [0.3, 0.4) is 0 Å². The first-order valence-corrected chi connectivity index (χ1v) is 13.2. The van der Waals surface area contributed by atoms with Crippen LogP contribution in [0.2, 0.25) is 0 Å². The van der Waals surface area contributed by atoms with Crippen molar-refractivity contribution in [2.75, 3.05) is 32.6 Å². The quantitative estimate of drug-likeness (QED) is 0.543. The lowest BCUT2D eigenvalue weighted by Gasteiger charge is -2.46. The maximum Gasteiger partial charge on any atom is 0.410 e. The second-order valence-corrected chi connectivity index (χ2v) is 11.6. The maximum absolute atomic E-state index is 14.3. The molecule has 3 fully saturated rings. The molecule has 12 heteroatoms. The summed E-state index contributed by atoms with van der Waals surface area (Å²) in [4.78, 5) is 18.1. The highest BCUT2D eigenvalue weighted by Gasteiger charge is 2.47. The number of halogens is 1. The first kappa shape index (κ1) is 23.7. The summed E-state index contributed by atoms with van der Waals surface area (Å²) in [5.41, 5.74) is -0.0901. The van der Waals surface area contributed by atoms with Crippen molar-refractivity contribution in [3.8, 4) is 11.4 Å². The zero-order chi connectivity index (χ0) is 25.0. The third kappa shape index (κ3) is 4.90. The first-order valence-electron chi connectivity index (χ1n) is 11.3. The number of sulfone groups is 1. The van der Waals surface area contributed by atoms with Gasteiger partial charge in [-0.3, -0.25) is 0 Å². The zero-order valence-electron chi connectivity index (χ0n) is 19.4. The molecule has 2 aromatic rings. The third-order valence-electron chi connectivity index (χ3n) is 6.58. The molecule has 3 aliphatic rings. The van der Waals surface area contributed by atoms with Gasteiger partial charge in [0, 0.05) is 36.7 Å². The van der Waals surface area contributed by atoms with Gasteiger partial charge in [-0.1, -0.05) is 11.7 Å². The second kappa shape index (κ2) is 8.59. The number of piperidine rings is 1. The highest BCUT2D eigenvalue weighted by molar-refractivity contribution is 7.90. The van der Waals surface area contributed by atoms with Crippen LogP contribution in [0.15, 0.2) is 34.2 Å². The van der Waals surface area contributed by atoms with Gasteiger partial charge in [0.15, 0.2) is 15.6 Å². The Balaban J connectivity index is 1.26. The summed E-state index contributed by atoms with van der Waals surface area (Å²) in [6, 6.07) is 3.59. The largest absolute Gasteiger partial charge is 0.484 e. The summed E-state index contributed by atoms with van der Waals surface area (Å²) in [6.45, 7) is 7.57. The molecule has 5 rings (SSSR count). The number of rotatable bonds is 6. The predicted molar refractivity (Wildman–Crippen MR) is 120 cm³/mol. The van der Waals surface area contributed by atoms with E-state index in [1.54, 1.807) is 4.90 Å². The Morgan fingerprint density at radius 3 is 2.54 bits per heavy atom. The number of carbonyl (C=O) groups excluding carboxylic acids is 1. The lowest BCUT2D eigenvalue weighted by molar-refractivity contribution is -0.119. The van der Waals surface area contributed by atoms with Crippen LogP contribution in [-0.2, 0) is 24.0 Å². The van der Waals surface area contributed by atoms with Gasteiger partial charge in [-0.2, -0.15) is 4.98 Å². The van der Waals surface area contributed by atoms with Gasteiger partial charge in [0.2, 0.25) is 5.82 Å². The van der Waals surface area contributed by atoms with Crippen LogP contribution < -0.4 is 0 Å². The maximum atomic E-state index is 14.3. The number of likely N-dealkylation sites (tertiary alicyclic amines) is 1. The second-order valence-electron chi connectivity index (χ2n) is 9.63. The molecular weight excluding hydrogens is 481 g/mol.